The lowest BCUT2D eigenvalue weighted by molar-refractivity contribution is -0.142. The smallest absolute Gasteiger partial charge is 0.326 e. The van der Waals surface area contributed by atoms with E-state index in [4.69, 9.17) is 10.2 Å². The Hall–Kier alpha value is -0.400. The lowest BCUT2D eigenvalue weighted by Gasteiger charge is -2.17. The number of aliphatic hydroxyl groups is 1. The fraction of sp³-hybridized carbons (Fsp3) is 0.778. The summed E-state index contributed by atoms with van der Waals surface area (Å²) in [5, 5.41) is 20.1. The van der Waals surface area contributed by atoms with Crippen LogP contribution in [0.3, 0.4) is 0 Å². The second-order valence-corrected chi connectivity index (χ2v) is 4.59. The standard InChI is InChI=1S/C9H17NO4S2/c1-16-3-2-7(9(13)14)10-8(12)6(4-11)5-15/h6-7,11,15H,2-5H2,1H3,(H,10,12)(H,13,14)/t6?,7-/m0/s1. The molecule has 3 N–H and O–H groups in total. The summed E-state index contributed by atoms with van der Waals surface area (Å²) >= 11 is 5.42. The third-order valence-electron chi connectivity index (χ3n) is 2.04. The first-order valence-electron chi connectivity index (χ1n) is 4.80. The van der Waals surface area contributed by atoms with Gasteiger partial charge in [-0.05, 0) is 18.4 Å². The Morgan fingerprint density at radius 3 is 2.50 bits per heavy atom. The fourth-order valence-corrected chi connectivity index (χ4v) is 1.76. The zero-order valence-electron chi connectivity index (χ0n) is 9.05. The van der Waals surface area contributed by atoms with Gasteiger partial charge in [0.15, 0.2) is 0 Å². The van der Waals surface area contributed by atoms with E-state index in [1.54, 1.807) is 0 Å². The Kier molecular flexibility index (Phi) is 8.50. The summed E-state index contributed by atoms with van der Waals surface area (Å²) in [4.78, 5) is 22.3. The Balaban J connectivity index is 4.27. The van der Waals surface area contributed by atoms with Gasteiger partial charge in [0.1, 0.15) is 6.04 Å². The van der Waals surface area contributed by atoms with E-state index >= 15 is 0 Å². The molecule has 16 heavy (non-hydrogen) atoms. The quantitative estimate of drug-likeness (QED) is 0.459. The number of nitrogens with one attached hydrogen (secondary N) is 1. The average Bonchev–Trinajstić information content (AvgIpc) is 2.25. The van der Waals surface area contributed by atoms with Gasteiger partial charge in [-0.1, -0.05) is 0 Å². The predicted octanol–water partition coefficient (Wildman–Crippen LogP) is -0.153. The number of hydrogen-bond donors (Lipinski definition) is 4. The summed E-state index contributed by atoms with van der Waals surface area (Å²) in [6.45, 7) is -0.329. The van der Waals surface area contributed by atoms with Gasteiger partial charge in [0, 0.05) is 5.75 Å². The number of hydrogen-bond acceptors (Lipinski definition) is 5. The Morgan fingerprint density at radius 2 is 2.12 bits per heavy atom. The first-order chi connectivity index (χ1) is 7.56. The molecule has 0 heterocycles. The van der Waals surface area contributed by atoms with Crippen molar-refractivity contribution in [1.29, 1.82) is 0 Å². The molecule has 0 aromatic rings. The SMILES string of the molecule is CSCC[C@H](NC(=O)C(CO)CS)C(=O)O. The van der Waals surface area contributed by atoms with Gasteiger partial charge in [0.2, 0.25) is 5.91 Å². The van der Waals surface area contributed by atoms with Crippen LogP contribution in [0.25, 0.3) is 0 Å². The first kappa shape index (κ1) is 15.6. The maximum Gasteiger partial charge on any atom is 0.326 e. The normalized spacial score (nSPS) is 14.2. The van der Waals surface area contributed by atoms with Gasteiger partial charge in [-0.15, -0.1) is 0 Å². The number of carbonyl (C=O) groups excluding carboxylic acids is 1. The molecule has 0 bridgehead atoms. The van der Waals surface area contributed by atoms with E-state index in [0.29, 0.717) is 12.2 Å². The number of carboxylic acid groups (broad SMARTS) is 1. The third-order valence-corrected chi connectivity index (χ3v) is 3.12. The summed E-state index contributed by atoms with van der Waals surface area (Å²) < 4.78 is 0. The van der Waals surface area contributed by atoms with Crippen LogP contribution in [0.5, 0.6) is 0 Å². The number of aliphatic carboxylic acids is 1. The molecular weight excluding hydrogens is 250 g/mol. The highest BCUT2D eigenvalue weighted by Crippen LogP contribution is 2.04. The summed E-state index contributed by atoms with van der Waals surface area (Å²) in [6, 6.07) is -0.895. The summed E-state index contributed by atoms with van der Waals surface area (Å²) in [5.41, 5.74) is 0. The predicted molar refractivity (Wildman–Crippen MR) is 67.0 cm³/mol. The van der Waals surface area contributed by atoms with Gasteiger partial charge in [-0.25, -0.2) is 4.79 Å². The summed E-state index contributed by atoms with van der Waals surface area (Å²) in [5.74, 6) is -1.33. The molecule has 0 aromatic carbocycles. The number of thioether (sulfide) groups is 1. The van der Waals surface area contributed by atoms with Gasteiger partial charge in [0.05, 0.1) is 12.5 Å². The van der Waals surface area contributed by atoms with Gasteiger partial charge in [-0.2, -0.15) is 24.4 Å². The van der Waals surface area contributed by atoms with Crippen molar-refractivity contribution in [2.45, 2.75) is 12.5 Å². The number of aliphatic hydroxyl groups excluding tert-OH is 1. The minimum Gasteiger partial charge on any atom is -0.480 e. The maximum absolute atomic E-state index is 11.5. The van der Waals surface area contributed by atoms with Crippen molar-refractivity contribution < 1.29 is 19.8 Å². The lowest BCUT2D eigenvalue weighted by atomic mass is 10.1. The average molecular weight is 267 g/mol. The van der Waals surface area contributed by atoms with Crippen LogP contribution in [-0.4, -0.2) is 52.5 Å². The minimum atomic E-state index is -1.06. The van der Waals surface area contributed by atoms with E-state index in [1.807, 2.05) is 6.26 Å². The van der Waals surface area contributed by atoms with Crippen molar-refractivity contribution in [3.8, 4) is 0 Å². The van der Waals surface area contributed by atoms with Crippen molar-refractivity contribution >= 4 is 36.3 Å². The van der Waals surface area contributed by atoms with Crippen LogP contribution < -0.4 is 5.32 Å². The molecular formula is C9H17NO4S2. The van der Waals surface area contributed by atoms with Crippen LogP contribution in [0, 0.1) is 5.92 Å². The van der Waals surface area contributed by atoms with Crippen LogP contribution in [-0.2, 0) is 9.59 Å². The Labute approximate surface area is 104 Å². The summed E-state index contributed by atoms with van der Waals surface area (Å²) in [6.07, 6.45) is 2.23. The highest BCUT2D eigenvalue weighted by Gasteiger charge is 2.23. The van der Waals surface area contributed by atoms with E-state index in [1.165, 1.54) is 11.8 Å². The molecule has 0 aliphatic rings. The largest absolute Gasteiger partial charge is 0.480 e. The van der Waals surface area contributed by atoms with Crippen molar-refractivity contribution in [3.63, 3.8) is 0 Å². The van der Waals surface area contributed by atoms with Crippen LogP contribution >= 0.6 is 24.4 Å². The molecule has 0 saturated heterocycles. The van der Waals surface area contributed by atoms with E-state index in [2.05, 4.69) is 17.9 Å². The number of carboxylic acids is 1. The van der Waals surface area contributed by atoms with E-state index in [9.17, 15) is 9.59 Å². The van der Waals surface area contributed by atoms with E-state index in [0.717, 1.165) is 0 Å². The monoisotopic (exact) mass is 267 g/mol. The Morgan fingerprint density at radius 1 is 1.50 bits per heavy atom. The molecule has 0 spiro atoms. The van der Waals surface area contributed by atoms with Crippen LogP contribution in [0.4, 0.5) is 0 Å². The van der Waals surface area contributed by atoms with Gasteiger partial charge < -0.3 is 15.5 Å². The number of thiol groups is 1. The summed E-state index contributed by atoms with van der Waals surface area (Å²) in [7, 11) is 0. The molecule has 0 aliphatic carbocycles. The van der Waals surface area contributed by atoms with E-state index in [-0.39, 0.29) is 12.4 Å². The van der Waals surface area contributed by atoms with E-state index < -0.39 is 23.8 Å². The number of rotatable bonds is 8. The minimum absolute atomic E-state index is 0.192. The van der Waals surface area contributed by atoms with Crippen LogP contribution in [0.1, 0.15) is 6.42 Å². The number of carbonyl (C=O) groups is 2. The highest BCUT2D eigenvalue weighted by molar-refractivity contribution is 7.98. The second kappa shape index (κ2) is 8.72. The van der Waals surface area contributed by atoms with Crippen molar-refractivity contribution in [2.75, 3.05) is 24.4 Å². The number of amides is 1. The maximum atomic E-state index is 11.5. The Bertz CT molecular complexity index is 234. The molecule has 0 saturated carbocycles. The van der Waals surface area contributed by atoms with Crippen molar-refractivity contribution in [3.05, 3.63) is 0 Å². The molecule has 5 nitrogen and oxygen atoms in total. The highest BCUT2D eigenvalue weighted by atomic mass is 32.2. The van der Waals surface area contributed by atoms with Crippen molar-refractivity contribution in [2.24, 2.45) is 5.92 Å². The molecule has 2 atom stereocenters. The molecule has 7 heteroatoms. The van der Waals surface area contributed by atoms with Crippen molar-refractivity contribution in [1.82, 2.24) is 5.32 Å². The molecule has 1 unspecified atom stereocenters. The molecule has 0 radical (unpaired) electrons. The first-order valence-corrected chi connectivity index (χ1v) is 6.83. The topological polar surface area (TPSA) is 86.6 Å². The molecule has 0 rings (SSSR count). The molecule has 0 fully saturated rings. The molecule has 0 aliphatic heterocycles. The fourth-order valence-electron chi connectivity index (χ4n) is 1.01. The van der Waals surface area contributed by atoms with Gasteiger partial charge in [-0.3, -0.25) is 4.79 Å². The molecule has 0 aromatic heterocycles. The van der Waals surface area contributed by atoms with Gasteiger partial charge in [0.25, 0.3) is 0 Å². The second-order valence-electron chi connectivity index (χ2n) is 3.24. The van der Waals surface area contributed by atoms with Crippen LogP contribution in [0.15, 0.2) is 0 Å². The molecule has 1 amide bonds. The van der Waals surface area contributed by atoms with Crippen LogP contribution in [0.2, 0.25) is 0 Å². The lowest BCUT2D eigenvalue weighted by Crippen LogP contribution is -2.45. The third kappa shape index (κ3) is 5.62. The molecule has 94 valence electrons. The zero-order valence-corrected chi connectivity index (χ0v) is 10.8. The zero-order chi connectivity index (χ0) is 12.6. The van der Waals surface area contributed by atoms with Gasteiger partial charge >= 0.3 is 5.97 Å².